The minimum Gasteiger partial charge on any atom is -0.364 e. The van der Waals surface area contributed by atoms with Gasteiger partial charge in [0.15, 0.2) is 0 Å². The molecule has 4 aromatic heterocycles. The van der Waals surface area contributed by atoms with Crippen molar-refractivity contribution < 1.29 is 0 Å². The molecule has 0 spiro atoms. The maximum atomic E-state index is 4.56. The number of hydrogen-bond acceptors (Lipinski definition) is 6. The van der Waals surface area contributed by atoms with Gasteiger partial charge in [-0.15, -0.1) is 0 Å². The largest absolute Gasteiger partial charge is 0.364 e. The molecule has 148 valence electrons. The van der Waals surface area contributed by atoms with Crippen molar-refractivity contribution in [1.29, 1.82) is 0 Å². The minimum atomic E-state index is 0.614. The highest BCUT2D eigenvalue weighted by molar-refractivity contribution is 6.00. The second-order valence-electron chi connectivity index (χ2n) is 7.51. The predicted molar refractivity (Wildman–Crippen MR) is 112 cm³/mol. The van der Waals surface area contributed by atoms with Crippen molar-refractivity contribution in [2.24, 2.45) is 7.05 Å². The van der Waals surface area contributed by atoms with E-state index in [1.165, 1.54) is 18.4 Å². The quantitative estimate of drug-likeness (QED) is 0.486. The van der Waals surface area contributed by atoms with Gasteiger partial charge in [-0.1, -0.05) is 0 Å². The van der Waals surface area contributed by atoms with Crippen LogP contribution in [0.25, 0.3) is 22.2 Å². The third kappa shape index (κ3) is 3.58. The van der Waals surface area contributed by atoms with Gasteiger partial charge < -0.3 is 15.6 Å². The molecule has 29 heavy (non-hydrogen) atoms. The zero-order chi connectivity index (χ0) is 19.6. The van der Waals surface area contributed by atoms with E-state index in [0.717, 1.165) is 46.8 Å². The lowest BCUT2D eigenvalue weighted by Gasteiger charge is -2.23. The van der Waals surface area contributed by atoms with Crippen LogP contribution in [0.2, 0.25) is 0 Å². The number of anilines is 1. The first-order chi connectivity index (χ1) is 14.3. The number of hydrogen-bond donors (Lipinski definition) is 3. The molecule has 0 amide bonds. The Balaban J connectivity index is 1.40. The van der Waals surface area contributed by atoms with Crippen molar-refractivity contribution in [1.82, 2.24) is 35.0 Å². The van der Waals surface area contributed by atoms with Crippen LogP contribution in [0.3, 0.4) is 0 Å². The Morgan fingerprint density at radius 1 is 1.21 bits per heavy atom. The molecule has 0 atom stereocenters. The summed E-state index contributed by atoms with van der Waals surface area (Å²) in [5, 5.41) is 12.1. The number of H-pyrrole nitrogens is 1. The molecule has 1 fully saturated rings. The molecule has 8 heteroatoms. The molecule has 1 aliphatic heterocycles. The summed E-state index contributed by atoms with van der Waals surface area (Å²) in [5.41, 5.74) is 5.27. The van der Waals surface area contributed by atoms with Crippen molar-refractivity contribution >= 4 is 16.9 Å². The summed E-state index contributed by atoms with van der Waals surface area (Å²) in [6, 6.07) is 4.37. The summed E-state index contributed by atoms with van der Waals surface area (Å²) >= 11 is 0. The Kier molecular flexibility index (Phi) is 4.69. The first-order valence-electron chi connectivity index (χ1n) is 9.98. The highest BCUT2D eigenvalue weighted by Gasteiger charge is 2.16. The van der Waals surface area contributed by atoms with Crippen LogP contribution in [0, 0.1) is 0 Å². The van der Waals surface area contributed by atoms with Gasteiger partial charge in [0.05, 0.1) is 23.8 Å². The maximum Gasteiger partial charge on any atom is 0.143 e. The number of aromatic nitrogens is 6. The van der Waals surface area contributed by atoms with E-state index < -0.39 is 0 Å². The monoisotopic (exact) mass is 388 g/mol. The molecule has 1 saturated heterocycles. The van der Waals surface area contributed by atoms with Gasteiger partial charge in [-0.3, -0.25) is 9.67 Å². The van der Waals surface area contributed by atoms with E-state index in [0.29, 0.717) is 12.5 Å². The van der Waals surface area contributed by atoms with Crippen molar-refractivity contribution in [2.75, 3.05) is 18.4 Å². The summed E-state index contributed by atoms with van der Waals surface area (Å²) in [5.74, 6) is 1.41. The van der Waals surface area contributed by atoms with E-state index in [2.05, 4.69) is 47.8 Å². The molecule has 5 rings (SSSR count). The Hall–Kier alpha value is -3.26. The number of piperidine rings is 1. The number of aryl methyl sites for hydroxylation is 1. The number of rotatable bonds is 5. The van der Waals surface area contributed by atoms with Crippen LogP contribution in [0.4, 0.5) is 5.82 Å². The molecule has 0 aromatic carbocycles. The van der Waals surface area contributed by atoms with Crippen LogP contribution in [-0.4, -0.2) is 42.8 Å². The van der Waals surface area contributed by atoms with Gasteiger partial charge in [-0.05, 0) is 49.5 Å². The van der Waals surface area contributed by atoms with Crippen LogP contribution < -0.4 is 10.6 Å². The highest BCUT2D eigenvalue weighted by Crippen LogP contribution is 2.32. The molecule has 0 unspecified atom stereocenters. The Morgan fingerprint density at radius 3 is 2.93 bits per heavy atom. The Labute approximate surface area is 168 Å². The van der Waals surface area contributed by atoms with Gasteiger partial charge >= 0.3 is 0 Å². The Bertz CT molecular complexity index is 1120. The van der Waals surface area contributed by atoms with E-state index >= 15 is 0 Å². The lowest BCUT2D eigenvalue weighted by atomic mass is 9.90. The molecule has 0 saturated carbocycles. The second-order valence-corrected chi connectivity index (χ2v) is 7.51. The molecule has 0 bridgehead atoms. The Morgan fingerprint density at radius 2 is 2.10 bits per heavy atom. The third-order valence-corrected chi connectivity index (χ3v) is 5.57. The highest BCUT2D eigenvalue weighted by atomic mass is 15.2. The van der Waals surface area contributed by atoms with Crippen molar-refractivity contribution in [3.05, 3.63) is 54.5 Å². The molecule has 1 aliphatic rings. The third-order valence-electron chi connectivity index (χ3n) is 5.57. The number of fused-ring (bicyclic) bond motifs is 1. The molecule has 0 radical (unpaired) electrons. The number of aromatic amines is 1. The average molecular weight is 388 g/mol. The van der Waals surface area contributed by atoms with Crippen LogP contribution in [-0.2, 0) is 13.6 Å². The van der Waals surface area contributed by atoms with E-state index in [4.69, 9.17) is 0 Å². The standard InChI is InChI=1S/C21H24N8/c1-29-12-16(9-28-29)18-11-25-21-19(18)20(26-13-27-21)24-10-17-8-15(4-7-23-17)14-2-5-22-6-3-14/h4,7-9,11-14,22H,2-3,5-6,10H2,1H3,(H2,24,25,26,27). The summed E-state index contributed by atoms with van der Waals surface area (Å²) in [6.07, 6.45) is 11.7. The summed E-state index contributed by atoms with van der Waals surface area (Å²) in [7, 11) is 1.91. The number of nitrogens with one attached hydrogen (secondary N) is 3. The van der Waals surface area contributed by atoms with Crippen LogP contribution in [0.1, 0.15) is 30.0 Å². The van der Waals surface area contributed by atoms with Crippen molar-refractivity contribution in [3.63, 3.8) is 0 Å². The van der Waals surface area contributed by atoms with Crippen LogP contribution >= 0.6 is 0 Å². The van der Waals surface area contributed by atoms with Crippen molar-refractivity contribution in [3.8, 4) is 11.1 Å². The van der Waals surface area contributed by atoms with E-state index in [-0.39, 0.29) is 0 Å². The molecule has 0 aliphatic carbocycles. The summed E-state index contributed by atoms with van der Waals surface area (Å²) in [4.78, 5) is 16.7. The fourth-order valence-corrected chi connectivity index (χ4v) is 4.06. The van der Waals surface area contributed by atoms with Gasteiger partial charge in [0.25, 0.3) is 0 Å². The smallest absolute Gasteiger partial charge is 0.143 e. The van der Waals surface area contributed by atoms with Gasteiger partial charge in [0.1, 0.15) is 17.8 Å². The van der Waals surface area contributed by atoms with Crippen molar-refractivity contribution in [2.45, 2.75) is 25.3 Å². The fourth-order valence-electron chi connectivity index (χ4n) is 4.06. The zero-order valence-corrected chi connectivity index (χ0v) is 16.4. The maximum absolute atomic E-state index is 4.56. The van der Waals surface area contributed by atoms with E-state index in [1.54, 1.807) is 11.0 Å². The molecule has 3 N–H and O–H groups in total. The topological polar surface area (TPSA) is 96.3 Å². The van der Waals surface area contributed by atoms with Gasteiger partial charge in [-0.25, -0.2) is 9.97 Å². The minimum absolute atomic E-state index is 0.614. The number of nitrogens with zero attached hydrogens (tertiary/aromatic N) is 5. The van der Waals surface area contributed by atoms with Gasteiger partial charge in [0, 0.05) is 36.8 Å². The predicted octanol–water partition coefficient (Wildman–Crippen LogP) is 2.83. The summed E-state index contributed by atoms with van der Waals surface area (Å²) < 4.78 is 1.79. The van der Waals surface area contributed by atoms with E-state index in [9.17, 15) is 0 Å². The fraction of sp³-hybridized carbons (Fsp3) is 0.333. The number of pyridine rings is 1. The average Bonchev–Trinajstić information content (AvgIpc) is 3.39. The van der Waals surface area contributed by atoms with Crippen LogP contribution in [0.5, 0.6) is 0 Å². The molecule has 8 nitrogen and oxygen atoms in total. The zero-order valence-electron chi connectivity index (χ0n) is 16.4. The molecular weight excluding hydrogens is 364 g/mol. The van der Waals surface area contributed by atoms with Gasteiger partial charge in [0.2, 0.25) is 0 Å². The summed E-state index contributed by atoms with van der Waals surface area (Å²) in [6.45, 7) is 2.79. The van der Waals surface area contributed by atoms with Crippen LogP contribution in [0.15, 0.2) is 43.2 Å². The SMILES string of the molecule is Cn1cc(-c2c[nH]c3ncnc(NCc4cc(C5CCNCC5)ccn4)c23)cn1. The van der Waals surface area contributed by atoms with E-state index in [1.807, 2.05) is 31.8 Å². The lowest BCUT2D eigenvalue weighted by Crippen LogP contribution is -2.26. The lowest BCUT2D eigenvalue weighted by molar-refractivity contribution is 0.460. The molecule has 5 heterocycles. The first-order valence-corrected chi connectivity index (χ1v) is 9.98. The van der Waals surface area contributed by atoms with Gasteiger partial charge in [-0.2, -0.15) is 5.10 Å². The first kappa shape index (κ1) is 17.8. The molecular formula is C21H24N8. The second kappa shape index (κ2) is 7.63. The molecule has 4 aromatic rings. The normalized spacial score (nSPS) is 15.1.